The number of likely N-dealkylation sites (N-methyl/N-ethyl adjacent to an activating group) is 1. The Morgan fingerprint density at radius 2 is 2.00 bits per heavy atom. The van der Waals surface area contributed by atoms with Crippen LogP contribution in [0.4, 0.5) is 0 Å². The number of amides is 1. The normalized spacial score (nSPS) is 12.0. The van der Waals surface area contributed by atoms with Crippen molar-refractivity contribution in [2.45, 2.75) is 25.8 Å². The average Bonchev–Trinajstić information content (AvgIpc) is 2.38. The Balaban J connectivity index is 2.34. The average molecular weight is 250 g/mol. The summed E-state index contributed by atoms with van der Waals surface area (Å²) in [5.41, 5.74) is 6.79. The molecule has 0 aromatic heterocycles. The Morgan fingerprint density at radius 1 is 1.39 bits per heavy atom. The van der Waals surface area contributed by atoms with E-state index in [1.807, 2.05) is 24.3 Å². The number of hydrogen-bond donors (Lipinski definition) is 1. The van der Waals surface area contributed by atoms with Crippen LogP contribution in [0.2, 0.25) is 0 Å². The lowest BCUT2D eigenvalue weighted by molar-refractivity contribution is -0.130. The minimum absolute atomic E-state index is 0.00951. The predicted molar refractivity (Wildman–Crippen MR) is 72.6 cm³/mol. The first kappa shape index (κ1) is 14.5. The van der Waals surface area contributed by atoms with Gasteiger partial charge in [-0.25, -0.2) is 0 Å². The van der Waals surface area contributed by atoms with Crippen molar-refractivity contribution in [2.24, 2.45) is 5.73 Å². The van der Waals surface area contributed by atoms with Crippen LogP contribution in [0, 0.1) is 0 Å². The van der Waals surface area contributed by atoms with Crippen LogP contribution in [0.25, 0.3) is 0 Å². The summed E-state index contributed by atoms with van der Waals surface area (Å²) in [6, 6.07) is 7.58. The Kier molecular flexibility index (Phi) is 5.65. The number of benzene rings is 1. The van der Waals surface area contributed by atoms with Gasteiger partial charge in [-0.1, -0.05) is 12.1 Å². The van der Waals surface area contributed by atoms with Gasteiger partial charge in [-0.05, 0) is 37.5 Å². The first-order valence-electron chi connectivity index (χ1n) is 6.18. The Labute approximate surface area is 109 Å². The quantitative estimate of drug-likeness (QED) is 0.831. The molecule has 0 aliphatic heterocycles. The number of methoxy groups -OCH3 is 1. The maximum absolute atomic E-state index is 11.6. The SMILES string of the molecule is COc1ccc(CCCN(C)C(=O)[C@H](C)N)cc1. The van der Waals surface area contributed by atoms with E-state index in [4.69, 9.17) is 10.5 Å². The van der Waals surface area contributed by atoms with Gasteiger partial charge >= 0.3 is 0 Å². The van der Waals surface area contributed by atoms with Gasteiger partial charge in [-0.2, -0.15) is 0 Å². The first-order chi connectivity index (χ1) is 8.54. The molecule has 1 atom stereocenters. The highest BCUT2D eigenvalue weighted by molar-refractivity contribution is 5.80. The maximum atomic E-state index is 11.6. The Bertz CT molecular complexity index is 374. The largest absolute Gasteiger partial charge is 0.497 e. The minimum atomic E-state index is -0.420. The number of aryl methyl sites for hydroxylation is 1. The summed E-state index contributed by atoms with van der Waals surface area (Å²) in [5.74, 6) is 0.854. The number of carbonyl (C=O) groups is 1. The summed E-state index contributed by atoms with van der Waals surface area (Å²) in [5, 5.41) is 0. The molecule has 0 aliphatic rings. The van der Waals surface area contributed by atoms with Crippen molar-refractivity contribution < 1.29 is 9.53 Å². The van der Waals surface area contributed by atoms with Crippen molar-refractivity contribution in [3.8, 4) is 5.75 Å². The number of nitrogens with zero attached hydrogens (tertiary/aromatic N) is 1. The summed E-state index contributed by atoms with van der Waals surface area (Å²) >= 11 is 0. The van der Waals surface area contributed by atoms with Gasteiger partial charge in [0.1, 0.15) is 5.75 Å². The fourth-order valence-electron chi connectivity index (χ4n) is 1.77. The van der Waals surface area contributed by atoms with Gasteiger partial charge in [0.2, 0.25) is 5.91 Å². The van der Waals surface area contributed by atoms with Gasteiger partial charge < -0.3 is 15.4 Å². The molecule has 4 nitrogen and oxygen atoms in total. The molecule has 0 spiro atoms. The summed E-state index contributed by atoms with van der Waals surface area (Å²) < 4.78 is 5.10. The number of hydrogen-bond acceptors (Lipinski definition) is 3. The lowest BCUT2D eigenvalue weighted by atomic mass is 10.1. The standard InChI is InChI=1S/C14H22N2O2/c1-11(15)14(17)16(2)10-4-5-12-6-8-13(18-3)9-7-12/h6-9,11H,4-5,10,15H2,1-3H3/t11-/m0/s1. The van der Waals surface area contributed by atoms with Crippen LogP contribution in [0.15, 0.2) is 24.3 Å². The monoisotopic (exact) mass is 250 g/mol. The van der Waals surface area contributed by atoms with E-state index in [1.165, 1.54) is 5.56 Å². The second-order valence-electron chi connectivity index (χ2n) is 4.50. The van der Waals surface area contributed by atoms with Crippen molar-refractivity contribution in [1.29, 1.82) is 0 Å². The van der Waals surface area contributed by atoms with Gasteiger partial charge in [0, 0.05) is 13.6 Å². The zero-order chi connectivity index (χ0) is 13.5. The van der Waals surface area contributed by atoms with Crippen LogP contribution in [0.1, 0.15) is 18.9 Å². The van der Waals surface area contributed by atoms with Crippen LogP contribution >= 0.6 is 0 Å². The van der Waals surface area contributed by atoms with Crippen molar-refractivity contribution in [2.75, 3.05) is 20.7 Å². The molecular formula is C14H22N2O2. The lowest BCUT2D eigenvalue weighted by Crippen LogP contribution is -2.40. The molecule has 0 fully saturated rings. The zero-order valence-electron chi connectivity index (χ0n) is 11.3. The highest BCUT2D eigenvalue weighted by Gasteiger charge is 2.12. The molecule has 1 aromatic carbocycles. The molecule has 0 aliphatic carbocycles. The van der Waals surface area contributed by atoms with Gasteiger partial charge in [0.15, 0.2) is 0 Å². The molecule has 1 rings (SSSR count). The molecule has 0 heterocycles. The first-order valence-corrected chi connectivity index (χ1v) is 6.18. The Morgan fingerprint density at radius 3 is 2.50 bits per heavy atom. The van der Waals surface area contributed by atoms with Gasteiger partial charge in [0.25, 0.3) is 0 Å². The van der Waals surface area contributed by atoms with E-state index in [0.29, 0.717) is 0 Å². The molecule has 0 bridgehead atoms. The van der Waals surface area contributed by atoms with Crippen molar-refractivity contribution in [3.63, 3.8) is 0 Å². The van der Waals surface area contributed by atoms with E-state index in [0.717, 1.165) is 25.1 Å². The van der Waals surface area contributed by atoms with Crippen LogP contribution in [0.5, 0.6) is 5.75 Å². The Hall–Kier alpha value is -1.55. The van der Waals surface area contributed by atoms with E-state index in [1.54, 1.807) is 26.0 Å². The third kappa shape index (κ3) is 4.37. The molecule has 0 saturated carbocycles. The number of rotatable bonds is 6. The smallest absolute Gasteiger partial charge is 0.238 e. The second-order valence-corrected chi connectivity index (χ2v) is 4.50. The van der Waals surface area contributed by atoms with E-state index in [9.17, 15) is 4.79 Å². The molecule has 0 unspecified atom stereocenters. The lowest BCUT2D eigenvalue weighted by Gasteiger charge is -2.19. The van der Waals surface area contributed by atoms with Crippen molar-refractivity contribution in [3.05, 3.63) is 29.8 Å². The molecule has 1 amide bonds. The van der Waals surface area contributed by atoms with E-state index >= 15 is 0 Å². The molecule has 100 valence electrons. The summed E-state index contributed by atoms with van der Waals surface area (Å²) in [6.45, 7) is 2.44. The van der Waals surface area contributed by atoms with Crippen LogP contribution in [-0.2, 0) is 11.2 Å². The molecular weight excluding hydrogens is 228 g/mol. The van der Waals surface area contributed by atoms with Crippen LogP contribution < -0.4 is 10.5 Å². The summed E-state index contributed by atoms with van der Waals surface area (Å²) in [6.07, 6.45) is 1.88. The van der Waals surface area contributed by atoms with E-state index in [2.05, 4.69) is 0 Å². The summed E-state index contributed by atoms with van der Waals surface area (Å²) in [7, 11) is 3.45. The number of nitrogens with two attached hydrogens (primary N) is 1. The van der Waals surface area contributed by atoms with Crippen molar-refractivity contribution >= 4 is 5.91 Å². The highest BCUT2D eigenvalue weighted by atomic mass is 16.5. The third-order valence-corrected chi connectivity index (χ3v) is 2.88. The number of ether oxygens (including phenoxy) is 1. The topological polar surface area (TPSA) is 55.6 Å². The third-order valence-electron chi connectivity index (χ3n) is 2.88. The molecule has 4 heteroatoms. The molecule has 0 saturated heterocycles. The van der Waals surface area contributed by atoms with Gasteiger partial charge in [-0.3, -0.25) is 4.79 Å². The second kappa shape index (κ2) is 7.01. The van der Waals surface area contributed by atoms with E-state index < -0.39 is 6.04 Å². The van der Waals surface area contributed by atoms with E-state index in [-0.39, 0.29) is 5.91 Å². The predicted octanol–water partition coefficient (Wildman–Crippen LogP) is 1.43. The highest BCUT2D eigenvalue weighted by Crippen LogP contribution is 2.12. The fraction of sp³-hybridized carbons (Fsp3) is 0.500. The molecule has 18 heavy (non-hydrogen) atoms. The van der Waals surface area contributed by atoms with Gasteiger partial charge in [0.05, 0.1) is 13.2 Å². The maximum Gasteiger partial charge on any atom is 0.238 e. The zero-order valence-corrected chi connectivity index (χ0v) is 11.3. The molecule has 0 radical (unpaired) electrons. The minimum Gasteiger partial charge on any atom is -0.497 e. The van der Waals surface area contributed by atoms with Crippen LogP contribution in [0.3, 0.4) is 0 Å². The van der Waals surface area contributed by atoms with Crippen molar-refractivity contribution in [1.82, 2.24) is 4.90 Å². The number of carbonyl (C=O) groups excluding carboxylic acids is 1. The van der Waals surface area contributed by atoms with Crippen LogP contribution in [-0.4, -0.2) is 37.6 Å². The molecule has 1 aromatic rings. The summed E-state index contributed by atoms with van der Waals surface area (Å²) in [4.78, 5) is 13.2. The molecule has 2 N–H and O–H groups in total. The van der Waals surface area contributed by atoms with Gasteiger partial charge in [-0.15, -0.1) is 0 Å². The fourth-order valence-corrected chi connectivity index (χ4v) is 1.77.